The molecule has 0 heteroatoms. The van der Waals surface area contributed by atoms with Gasteiger partial charge in [-0.1, -0.05) is 38.3 Å². The van der Waals surface area contributed by atoms with Crippen LogP contribution in [0.5, 0.6) is 0 Å². The highest BCUT2D eigenvalue weighted by atomic mass is 14.1. The topological polar surface area (TPSA) is 0 Å². The van der Waals surface area contributed by atoms with Gasteiger partial charge in [-0.05, 0) is 31.6 Å². The van der Waals surface area contributed by atoms with Gasteiger partial charge in [0.2, 0.25) is 0 Å². The Morgan fingerprint density at radius 3 is 3.00 bits per heavy atom. The molecule has 0 aromatic heterocycles. The number of hydrogen-bond donors (Lipinski definition) is 0. The van der Waals surface area contributed by atoms with Gasteiger partial charge in [-0.25, -0.2) is 0 Å². The molecule has 1 atom stereocenters. The summed E-state index contributed by atoms with van der Waals surface area (Å²) in [4.78, 5) is 0. The molecular formula is C11H20. The molecule has 0 aromatic rings. The molecule has 0 N–H and O–H groups in total. The fourth-order valence-electron chi connectivity index (χ4n) is 1.65. The maximum atomic E-state index is 7.82. The number of allylic oxidation sites excluding steroid dienone is 2. The Labute approximate surface area is 72.1 Å². The van der Waals surface area contributed by atoms with Gasteiger partial charge in [-0.3, -0.25) is 0 Å². The summed E-state index contributed by atoms with van der Waals surface area (Å²) >= 11 is 0. The first-order valence-electron chi connectivity index (χ1n) is 5.51. The van der Waals surface area contributed by atoms with Gasteiger partial charge in [0.05, 0.1) is 1.37 Å². The van der Waals surface area contributed by atoms with Crippen molar-refractivity contribution in [1.29, 1.82) is 0 Å². The first-order valence-corrected chi connectivity index (χ1v) is 5.01. The summed E-state index contributed by atoms with van der Waals surface area (Å²) in [6, 6.07) is 0.902. The van der Waals surface area contributed by atoms with Gasteiger partial charge in [0, 0.05) is 0 Å². The van der Waals surface area contributed by atoms with Crippen LogP contribution in [0, 0.1) is 5.92 Å². The lowest BCUT2D eigenvalue weighted by atomic mass is 9.99. The van der Waals surface area contributed by atoms with Crippen molar-refractivity contribution in [3.63, 3.8) is 0 Å². The normalized spacial score (nSPS) is 29.4. The van der Waals surface area contributed by atoms with Gasteiger partial charge >= 0.3 is 0 Å². The van der Waals surface area contributed by atoms with Crippen LogP contribution in [0.1, 0.15) is 53.2 Å². The molecular weight excluding hydrogens is 132 g/mol. The Morgan fingerprint density at radius 1 is 1.36 bits per heavy atom. The molecule has 0 saturated heterocycles. The molecule has 0 amide bonds. The second-order valence-electron chi connectivity index (χ2n) is 3.47. The zero-order valence-corrected chi connectivity index (χ0v) is 7.60. The van der Waals surface area contributed by atoms with Crippen molar-refractivity contribution in [1.82, 2.24) is 0 Å². The first-order chi connectivity index (χ1) is 5.84. The van der Waals surface area contributed by atoms with Crippen LogP contribution < -0.4 is 0 Å². The number of hydrogen-bond acceptors (Lipinski definition) is 0. The molecule has 64 valence electrons. The summed E-state index contributed by atoms with van der Waals surface area (Å²) in [5, 5.41) is 0. The average molecular weight is 153 g/mol. The zero-order valence-electron chi connectivity index (χ0n) is 8.60. The monoisotopic (exact) mass is 153 g/mol. The van der Waals surface area contributed by atoms with Crippen LogP contribution in [-0.4, -0.2) is 0 Å². The molecule has 11 heavy (non-hydrogen) atoms. The van der Waals surface area contributed by atoms with Crippen molar-refractivity contribution < 1.29 is 1.37 Å². The predicted octanol–water partition coefficient (Wildman–Crippen LogP) is 3.92. The maximum absolute atomic E-state index is 7.82. The van der Waals surface area contributed by atoms with E-state index in [-0.39, 0.29) is 0 Å². The van der Waals surface area contributed by atoms with Gasteiger partial charge in [0.15, 0.2) is 0 Å². The van der Waals surface area contributed by atoms with Gasteiger partial charge in [-0.15, -0.1) is 0 Å². The van der Waals surface area contributed by atoms with Crippen molar-refractivity contribution in [3.05, 3.63) is 12.1 Å². The van der Waals surface area contributed by atoms with Crippen molar-refractivity contribution in [3.8, 4) is 0 Å². The molecule has 0 aliphatic heterocycles. The summed E-state index contributed by atoms with van der Waals surface area (Å²) in [6.45, 7) is 2.20. The van der Waals surface area contributed by atoms with Gasteiger partial charge < -0.3 is 0 Å². The van der Waals surface area contributed by atoms with Crippen LogP contribution in [0.15, 0.2) is 12.1 Å². The molecule has 1 aliphatic carbocycles. The maximum Gasteiger partial charge on any atom is 0.0575 e. The third-order valence-corrected chi connectivity index (χ3v) is 2.50. The summed E-state index contributed by atoms with van der Waals surface area (Å²) < 4.78 is 7.82. The van der Waals surface area contributed by atoms with E-state index in [0.717, 1.165) is 18.9 Å². The lowest BCUT2D eigenvalue weighted by Gasteiger charge is -2.07. The van der Waals surface area contributed by atoms with E-state index in [9.17, 15) is 0 Å². The highest BCUT2D eigenvalue weighted by Gasteiger charge is 2.02. The van der Waals surface area contributed by atoms with Crippen LogP contribution >= 0.6 is 0 Å². The van der Waals surface area contributed by atoms with E-state index in [1.165, 1.54) is 32.1 Å². The summed E-state index contributed by atoms with van der Waals surface area (Å²) in [6.07, 6.45) is 11.0. The summed E-state index contributed by atoms with van der Waals surface area (Å²) in [5.41, 5.74) is 0. The van der Waals surface area contributed by atoms with E-state index in [4.69, 9.17) is 1.37 Å². The van der Waals surface area contributed by atoms with Crippen molar-refractivity contribution in [2.45, 2.75) is 51.9 Å². The Morgan fingerprint density at radius 2 is 2.18 bits per heavy atom. The van der Waals surface area contributed by atoms with E-state index in [1.54, 1.807) is 0 Å². The predicted molar refractivity (Wildman–Crippen MR) is 50.6 cm³/mol. The Kier molecular flexibility index (Phi) is 3.63. The summed E-state index contributed by atoms with van der Waals surface area (Å²) in [7, 11) is 0. The van der Waals surface area contributed by atoms with E-state index in [2.05, 4.69) is 13.0 Å². The highest BCUT2D eigenvalue weighted by molar-refractivity contribution is 4.88. The van der Waals surface area contributed by atoms with Crippen molar-refractivity contribution in [2.75, 3.05) is 0 Å². The van der Waals surface area contributed by atoms with Crippen LogP contribution in [0.3, 0.4) is 0 Å². The fraction of sp³-hybridized carbons (Fsp3) is 0.818. The van der Waals surface area contributed by atoms with Crippen LogP contribution in [0.2, 0.25) is 0 Å². The van der Waals surface area contributed by atoms with Gasteiger partial charge in [-0.2, -0.15) is 0 Å². The Bertz CT molecular complexity index is 149. The minimum Gasteiger partial charge on any atom is -0.0883 e. The molecule has 0 radical (unpaired) electrons. The quantitative estimate of drug-likeness (QED) is 0.501. The molecule has 1 unspecified atom stereocenters. The molecule has 1 rings (SSSR count). The van der Waals surface area contributed by atoms with Gasteiger partial charge in [0.1, 0.15) is 0 Å². The SMILES string of the molecule is [2H]C1=CCCCCCCC1CC. The standard InChI is InChI=1S/C11H20/c1-2-11-9-7-5-3-4-6-8-10-11/h7,9,11H,2-6,8,10H2,1H3/i9D. The second-order valence-corrected chi connectivity index (χ2v) is 3.47. The van der Waals surface area contributed by atoms with Crippen LogP contribution in [0.4, 0.5) is 0 Å². The third kappa shape index (κ3) is 3.60. The van der Waals surface area contributed by atoms with Crippen molar-refractivity contribution >= 4 is 0 Å². The molecule has 0 saturated carbocycles. The summed E-state index contributed by atoms with van der Waals surface area (Å²) in [5.74, 6) is 0.558. The van der Waals surface area contributed by atoms with Gasteiger partial charge in [0.25, 0.3) is 0 Å². The van der Waals surface area contributed by atoms with Crippen LogP contribution in [-0.2, 0) is 0 Å². The average Bonchev–Trinajstić information content (AvgIpc) is 2.17. The fourth-order valence-corrected chi connectivity index (χ4v) is 1.65. The molecule has 0 fully saturated rings. The molecule has 0 nitrogen and oxygen atoms in total. The third-order valence-electron chi connectivity index (χ3n) is 2.50. The molecule has 0 bridgehead atoms. The molecule has 0 heterocycles. The zero-order chi connectivity index (χ0) is 8.81. The van der Waals surface area contributed by atoms with E-state index < -0.39 is 0 Å². The van der Waals surface area contributed by atoms with Crippen molar-refractivity contribution in [2.24, 2.45) is 5.92 Å². The minimum atomic E-state index is 0.558. The van der Waals surface area contributed by atoms with E-state index in [1.807, 2.05) is 0 Å². The number of rotatable bonds is 1. The smallest absolute Gasteiger partial charge is 0.0575 e. The molecule has 0 aromatic carbocycles. The molecule has 1 aliphatic rings. The molecule has 0 spiro atoms. The highest BCUT2D eigenvalue weighted by Crippen LogP contribution is 2.18. The minimum absolute atomic E-state index is 0.558. The van der Waals surface area contributed by atoms with Crippen LogP contribution in [0.25, 0.3) is 0 Å². The first kappa shape index (κ1) is 7.39. The largest absolute Gasteiger partial charge is 0.0883 e. The van der Waals surface area contributed by atoms with E-state index in [0.29, 0.717) is 5.92 Å². The Balaban J connectivity index is 2.49. The second kappa shape index (κ2) is 5.40. The lowest BCUT2D eigenvalue weighted by molar-refractivity contribution is 0.523. The Hall–Kier alpha value is -0.260. The van der Waals surface area contributed by atoms with E-state index >= 15 is 0 Å². The lowest BCUT2D eigenvalue weighted by Crippen LogP contribution is -1.92.